The summed E-state index contributed by atoms with van der Waals surface area (Å²) >= 11 is 0. The molecule has 1 aromatic carbocycles. The van der Waals surface area contributed by atoms with Crippen LogP contribution >= 0.6 is 0 Å². The third-order valence-corrected chi connectivity index (χ3v) is 6.98. The number of hydrogen-bond donors (Lipinski definition) is 2. The van der Waals surface area contributed by atoms with E-state index < -0.39 is 18.1 Å². The molecule has 216 valence electrons. The van der Waals surface area contributed by atoms with E-state index in [4.69, 9.17) is 4.74 Å². The minimum atomic E-state index is -0.907. The second-order valence-corrected chi connectivity index (χ2v) is 10.5. The SMILES string of the molecule is CCCCCCCCCCCCC/C=C/[C@@H](O)[C@H](COC(=O)c1ccccc1)NC(=O)CCCCCCC. The molecular formula is C33H55NO4. The molecule has 5 heteroatoms. The monoisotopic (exact) mass is 529 g/mol. The maximum atomic E-state index is 12.5. The van der Waals surface area contributed by atoms with Crippen molar-refractivity contribution in [2.75, 3.05) is 6.61 Å². The van der Waals surface area contributed by atoms with E-state index in [-0.39, 0.29) is 12.5 Å². The molecule has 1 aromatic rings. The highest BCUT2D eigenvalue weighted by molar-refractivity contribution is 5.89. The molecule has 0 aliphatic carbocycles. The number of carbonyl (C=O) groups excluding carboxylic acids is 2. The number of benzene rings is 1. The fourth-order valence-electron chi connectivity index (χ4n) is 4.51. The summed E-state index contributed by atoms with van der Waals surface area (Å²) in [4.78, 5) is 24.9. The van der Waals surface area contributed by atoms with Crippen molar-refractivity contribution in [3.05, 3.63) is 48.0 Å². The number of ether oxygens (including phenoxy) is 1. The number of allylic oxidation sites excluding steroid dienone is 1. The van der Waals surface area contributed by atoms with Gasteiger partial charge in [-0.15, -0.1) is 0 Å². The lowest BCUT2D eigenvalue weighted by molar-refractivity contribution is -0.123. The Morgan fingerprint density at radius 1 is 0.789 bits per heavy atom. The molecule has 1 rings (SSSR count). The lowest BCUT2D eigenvalue weighted by atomic mass is 10.0. The Labute approximate surface area is 232 Å². The van der Waals surface area contributed by atoms with Gasteiger partial charge in [-0.3, -0.25) is 4.79 Å². The average molecular weight is 530 g/mol. The largest absolute Gasteiger partial charge is 0.460 e. The molecule has 0 aliphatic heterocycles. The summed E-state index contributed by atoms with van der Waals surface area (Å²) in [6, 6.07) is 8.11. The first-order valence-corrected chi connectivity index (χ1v) is 15.4. The molecular weight excluding hydrogens is 474 g/mol. The van der Waals surface area contributed by atoms with E-state index >= 15 is 0 Å². The van der Waals surface area contributed by atoms with Crippen LogP contribution in [-0.4, -0.2) is 35.7 Å². The molecule has 0 fully saturated rings. The summed E-state index contributed by atoms with van der Waals surface area (Å²) < 4.78 is 5.44. The standard InChI is InChI=1S/C33H55NO4/c1-3-5-7-9-10-11-12-13-14-15-16-18-22-26-31(35)30(34-32(36)27-23-17-8-6-4-2)28-38-33(37)29-24-20-19-21-25-29/h19-22,24-26,30-31,35H,3-18,23,27-28H2,1-2H3,(H,34,36)/b26-22+/t30-,31+/m0/s1. The molecule has 0 bridgehead atoms. The maximum absolute atomic E-state index is 12.5. The first kappa shape index (κ1) is 33.9. The van der Waals surface area contributed by atoms with Crippen LogP contribution in [0, 0.1) is 0 Å². The van der Waals surface area contributed by atoms with Crippen LogP contribution in [-0.2, 0) is 9.53 Å². The van der Waals surface area contributed by atoms with Gasteiger partial charge in [0.2, 0.25) is 5.91 Å². The predicted molar refractivity (Wildman–Crippen MR) is 158 cm³/mol. The van der Waals surface area contributed by atoms with Crippen molar-refractivity contribution >= 4 is 11.9 Å². The highest BCUT2D eigenvalue weighted by atomic mass is 16.5. The lowest BCUT2D eigenvalue weighted by Gasteiger charge is -2.22. The second kappa shape index (κ2) is 23.9. The average Bonchev–Trinajstić information content (AvgIpc) is 2.93. The smallest absolute Gasteiger partial charge is 0.338 e. The maximum Gasteiger partial charge on any atom is 0.338 e. The summed E-state index contributed by atoms with van der Waals surface area (Å²) in [7, 11) is 0. The third-order valence-electron chi connectivity index (χ3n) is 6.98. The van der Waals surface area contributed by atoms with Crippen LogP contribution in [0.3, 0.4) is 0 Å². The van der Waals surface area contributed by atoms with Crippen LogP contribution in [0.5, 0.6) is 0 Å². The molecule has 0 unspecified atom stereocenters. The topological polar surface area (TPSA) is 75.6 Å². The normalized spacial score (nSPS) is 12.9. The molecule has 2 N–H and O–H groups in total. The minimum absolute atomic E-state index is 0.0702. The van der Waals surface area contributed by atoms with Crippen molar-refractivity contribution in [2.24, 2.45) is 0 Å². The van der Waals surface area contributed by atoms with Gasteiger partial charge in [0.1, 0.15) is 6.61 Å². The van der Waals surface area contributed by atoms with Crippen molar-refractivity contribution in [2.45, 2.75) is 142 Å². The minimum Gasteiger partial charge on any atom is -0.460 e. The molecule has 0 spiro atoms. The van der Waals surface area contributed by atoms with Gasteiger partial charge in [-0.25, -0.2) is 4.79 Å². The number of aliphatic hydroxyl groups is 1. The van der Waals surface area contributed by atoms with Gasteiger partial charge in [-0.1, -0.05) is 134 Å². The van der Waals surface area contributed by atoms with Crippen molar-refractivity contribution in [3.63, 3.8) is 0 Å². The van der Waals surface area contributed by atoms with E-state index in [1.165, 1.54) is 77.0 Å². The van der Waals surface area contributed by atoms with Crippen LogP contribution in [0.15, 0.2) is 42.5 Å². The Bertz CT molecular complexity index is 734. The van der Waals surface area contributed by atoms with Crippen molar-refractivity contribution in [3.8, 4) is 0 Å². The Morgan fingerprint density at radius 3 is 1.89 bits per heavy atom. The summed E-state index contributed by atoms with van der Waals surface area (Å²) in [5, 5.41) is 13.7. The Hall–Kier alpha value is -2.14. The molecule has 0 radical (unpaired) electrons. The van der Waals surface area contributed by atoms with Crippen LogP contribution in [0.4, 0.5) is 0 Å². The third kappa shape index (κ3) is 18.2. The highest BCUT2D eigenvalue weighted by Gasteiger charge is 2.21. The van der Waals surface area contributed by atoms with Gasteiger partial charge in [0.15, 0.2) is 0 Å². The van der Waals surface area contributed by atoms with Gasteiger partial charge < -0.3 is 15.2 Å². The molecule has 0 saturated heterocycles. The summed E-state index contributed by atoms with van der Waals surface area (Å²) in [6.07, 6.45) is 23.8. The van der Waals surface area contributed by atoms with E-state index in [0.717, 1.165) is 32.1 Å². The molecule has 1 amide bonds. The molecule has 38 heavy (non-hydrogen) atoms. The van der Waals surface area contributed by atoms with Crippen LogP contribution in [0.2, 0.25) is 0 Å². The fourth-order valence-corrected chi connectivity index (χ4v) is 4.51. The van der Waals surface area contributed by atoms with Crippen LogP contribution in [0.1, 0.15) is 140 Å². The number of unbranched alkanes of at least 4 members (excludes halogenated alkanes) is 15. The quantitative estimate of drug-likeness (QED) is 0.0802. The number of esters is 1. The van der Waals surface area contributed by atoms with E-state index in [1.54, 1.807) is 30.3 Å². The number of rotatable bonds is 24. The fraction of sp³-hybridized carbons (Fsp3) is 0.697. The van der Waals surface area contributed by atoms with Crippen molar-refractivity contribution < 1.29 is 19.4 Å². The zero-order valence-corrected chi connectivity index (χ0v) is 24.3. The number of carbonyl (C=O) groups is 2. The van der Waals surface area contributed by atoms with Crippen LogP contribution in [0.25, 0.3) is 0 Å². The zero-order valence-electron chi connectivity index (χ0n) is 24.3. The first-order valence-electron chi connectivity index (χ1n) is 15.4. The van der Waals surface area contributed by atoms with Gasteiger partial charge >= 0.3 is 5.97 Å². The first-order chi connectivity index (χ1) is 18.6. The highest BCUT2D eigenvalue weighted by Crippen LogP contribution is 2.13. The summed E-state index contributed by atoms with van der Waals surface area (Å²) in [6.45, 7) is 4.35. The number of nitrogens with one attached hydrogen (secondary N) is 1. The number of aliphatic hydroxyl groups excluding tert-OH is 1. The molecule has 0 aromatic heterocycles. The van der Waals surface area contributed by atoms with Gasteiger partial charge in [0.05, 0.1) is 17.7 Å². The van der Waals surface area contributed by atoms with Gasteiger partial charge in [0, 0.05) is 6.42 Å². The molecule has 2 atom stereocenters. The van der Waals surface area contributed by atoms with E-state index in [0.29, 0.717) is 12.0 Å². The Morgan fingerprint density at radius 2 is 1.32 bits per heavy atom. The van der Waals surface area contributed by atoms with Gasteiger partial charge in [-0.2, -0.15) is 0 Å². The van der Waals surface area contributed by atoms with E-state index in [1.807, 2.05) is 12.1 Å². The van der Waals surface area contributed by atoms with Crippen molar-refractivity contribution in [1.82, 2.24) is 5.32 Å². The summed E-state index contributed by atoms with van der Waals surface area (Å²) in [5.74, 6) is -0.568. The number of amides is 1. The molecule has 5 nitrogen and oxygen atoms in total. The van der Waals surface area contributed by atoms with Gasteiger partial charge in [-0.05, 0) is 31.4 Å². The number of hydrogen-bond acceptors (Lipinski definition) is 4. The summed E-state index contributed by atoms with van der Waals surface area (Å²) in [5.41, 5.74) is 0.454. The zero-order chi connectivity index (χ0) is 27.7. The van der Waals surface area contributed by atoms with Gasteiger partial charge in [0.25, 0.3) is 0 Å². The Balaban J connectivity index is 2.38. The van der Waals surface area contributed by atoms with Crippen LogP contribution < -0.4 is 5.32 Å². The predicted octanol–water partition coefficient (Wildman–Crippen LogP) is 8.31. The van der Waals surface area contributed by atoms with E-state index in [2.05, 4.69) is 19.2 Å². The lowest BCUT2D eigenvalue weighted by Crippen LogP contribution is -2.46. The molecule has 0 heterocycles. The van der Waals surface area contributed by atoms with E-state index in [9.17, 15) is 14.7 Å². The second-order valence-electron chi connectivity index (χ2n) is 10.5. The molecule has 0 aliphatic rings. The van der Waals surface area contributed by atoms with Crippen molar-refractivity contribution in [1.29, 1.82) is 0 Å². The Kier molecular flexibility index (Phi) is 21.3. The molecule has 0 saturated carbocycles.